The van der Waals surface area contributed by atoms with E-state index in [4.69, 9.17) is 21.7 Å². The molecule has 0 amide bonds. The van der Waals surface area contributed by atoms with Gasteiger partial charge in [0.15, 0.2) is 0 Å². The van der Waals surface area contributed by atoms with E-state index in [9.17, 15) is 0 Å². The Labute approximate surface area is 60.8 Å². The van der Waals surface area contributed by atoms with Crippen LogP contribution in [0.25, 0.3) is 0 Å². The minimum Gasteiger partial charge on any atom is -0.394 e. The lowest BCUT2D eigenvalue weighted by Crippen LogP contribution is -2.37. The van der Waals surface area contributed by atoms with Gasteiger partial charge in [-0.15, -0.1) is 0 Å². The first-order chi connectivity index (χ1) is 4.72. The third kappa shape index (κ3) is 3.79. The maximum Gasteiger partial charge on any atom is 0.0921 e. The van der Waals surface area contributed by atoms with Gasteiger partial charge in [0.05, 0.1) is 12.7 Å². The van der Waals surface area contributed by atoms with Crippen LogP contribution in [0.5, 0.6) is 0 Å². The van der Waals surface area contributed by atoms with Crippen LogP contribution in [0.15, 0.2) is 0 Å². The Hall–Kier alpha value is -0.160. The second kappa shape index (κ2) is 5.61. The molecule has 4 heteroatoms. The normalized spacial score (nSPS) is 16.8. The average molecular weight is 148 g/mol. The first-order valence-electron chi connectivity index (χ1n) is 3.47. The van der Waals surface area contributed by atoms with Gasteiger partial charge in [0.1, 0.15) is 0 Å². The molecule has 0 spiro atoms. The van der Waals surface area contributed by atoms with Crippen LogP contribution < -0.4 is 11.5 Å². The summed E-state index contributed by atoms with van der Waals surface area (Å²) >= 11 is 0. The molecule has 0 aliphatic heterocycles. The van der Waals surface area contributed by atoms with E-state index >= 15 is 0 Å². The molecule has 0 aliphatic carbocycles. The standard InChI is InChI=1S/C6H16N2O2/c7-3-1-2-5(8)6(10)4-9/h5-6,9-10H,1-4,7-8H2. The van der Waals surface area contributed by atoms with E-state index in [2.05, 4.69) is 0 Å². The third-order valence-electron chi connectivity index (χ3n) is 1.42. The van der Waals surface area contributed by atoms with Crippen molar-refractivity contribution in [3.8, 4) is 0 Å². The van der Waals surface area contributed by atoms with Crippen molar-refractivity contribution in [2.75, 3.05) is 13.2 Å². The number of aliphatic hydroxyl groups excluding tert-OH is 2. The highest BCUT2D eigenvalue weighted by Crippen LogP contribution is 1.97. The first kappa shape index (κ1) is 9.84. The molecule has 6 N–H and O–H groups in total. The topological polar surface area (TPSA) is 92.5 Å². The highest BCUT2D eigenvalue weighted by molar-refractivity contribution is 4.70. The van der Waals surface area contributed by atoms with E-state index in [-0.39, 0.29) is 12.6 Å². The number of aliphatic hydroxyl groups is 2. The lowest BCUT2D eigenvalue weighted by Gasteiger charge is -2.15. The zero-order chi connectivity index (χ0) is 7.98. The van der Waals surface area contributed by atoms with Gasteiger partial charge in [0.25, 0.3) is 0 Å². The lowest BCUT2D eigenvalue weighted by atomic mass is 10.1. The number of hydrogen-bond donors (Lipinski definition) is 4. The van der Waals surface area contributed by atoms with E-state index < -0.39 is 6.10 Å². The summed E-state index contributed by atoms with van der Waals surface area (Å²) in [6, 6.07) is -0.339. The Kier molecular flexibility index (Phi) is 5.52. The molecule has 10 heavy (non-hydrogen) atoms. The molecule has 0 rings (SSSR count). The van der Waals surface area contributed by atoms with Crippen molar-refractivity contribution in [1.29, 1.82) is 0 Å². The Morgan fingerprint density at radius 1 is 1.40 bits per heavy atom. The van der Waals surface area contributed by atoms with Crippen LogP contribution in [0, 0.1) is 0 Å². The van der Waals surface area contributed by atoms with Gasteiger partial charge in [-0.3, -0.25) is 0 Å². The quantitative estimate of drug-likeness (QED) is 0.378. The van der Waals surface area contributed by atoms with Crippen LogP contribution >= 0.6 is 0 Å². The van der Waals surface area contributed by atoms with Gasteiger partial charge in [-0.1, -0.05) is 0 Å². The van der Waals surface area contributed by atoms with Gasteiger partial charge in [-0.05, 0) is 19.4 Å². The zero-order valence-corrected chi connectivity index (χ0v) is 6.03. The summed E-state index contributed by atoms with van der Waals surface area (Å²) < 4.78 is 0. The molecule has 0 bridgehead atoms. The Morgan fingerprint density at radius 2 is 2.00 bits per heavy atom. The van der Waals surface area contributed by atoms with E-state index in [1.165, 1.54) is 0 Å². The summed E-state index contributed by atoms with van der Waals surface area (Å²) in [4.78, 5) is 0. The minimum absolute atomic E-state index is 0.272. The molecule has 0 saturated heterocycles. The second-order valence-electron chi connectivity index (χ2n) is 2.34. The molecule has 0 aliphatic rings. The molecule has 0 radical (unpaired) electrons. The van der Waals surface area contributed by atoms with Crippen LogP contribution in [0.3, 0.4) is 0 Å². The van der Waals surface area contributed by atoms with Crippen molar-refractivity contribution in [3.63, 3.8) is 0 Å². The van der Waals surface area contributed by atoms with Crippen LogP contribution in [0.2, 0.25) is 0 Å². The van der Waals surface area contributed by atoms with Gasteiger partial charge < -0.3 is 21.7 Å². The van der Waals surface area contributed by atoms with Crippen LogP contribution in [-0.2, 0) is 0 Å². The minimum atomic E-state index is -0.799. The molecule has 0 heterocycles. The van der Waals surface area contributed by atoms with Crippen LogP contribution in [0.4, 0.5) is 0 Å². The summed E-state index contributed by atoms with van der Waals surface area (Å²) in [5, 5.41) is 17.4. The van der Waals surface area contributed by atoms with Crippen molar-refractivity contribution in [3.05, 3.63) is 0 Å². The van der Waals surface area contributed by atoms with Gasteiger partial charge in [0, 0.05) is 6.04 Å². The fraction of sp³-hybridized carbons (Fsp3) is 1.00. The molecule has 0 aromatic rings. The number of hydrogen-bond acceptors (Lipinski definition) is 4. The fourth-order valence-electron chi connectivity index (χ4n) is 0.681. The van der Waals surface area contributed by atoms with Crippen molar-refractivity contribution < 1.29 is 10.2 Å². The molecule has 0 fully saturated rings. The molecule has 2 unspecified atom stereocenters. The Balaban J connectivity index is 3.31. The predicted molar refractivity (Wildman–Crippen MR) is 39.4 cm³/mol. The molecule has 0 saturated carbocycles. The molecule has 62 valence electrons. The highest BCUT2D eigenvalue weighted by Gasteiger charge is 2.11. The zero-order valence-electron chi connectivity index (χ0n) is 6.03. The van der Waals surface area contributed by atoms with Crippen molar-refractivity contribution >= 4 is 0 Å². The summed E-state index contributed by atoms with van der Waals surface area (Å²) in [5.74, 6) is 0. The van der Waals surface area contributed by atoms with Crippen molar-refractivity contribution in [2.24, 2.45) is 11.5 Å². The molecular formula is C6H16N2O2. The molecule has 2 atom stereocenters. The summed E-state index contributed by atoms with van der Waals surface area (Å²) in [6.07, 6.45) is 0.655. The van der Waals surface area contributed by atoms with Gasteiger partial charge in [0.2, 0.25) is 0 Å². The smallest absolute Gasteiger partial charge is 0.0921 e. The monoisotopic (exact) mass is 148 g/mol. The first-order valence-corrected chi connectivity index (χ1v) is 3.47. The SMILES string of the molecule is NCCCC(N)C(O)CO. The summed E-state index contributed by atoms with van der Waals surface area (Å²) in [7, 11) is 0. The third-order valence-corrected chi connectivity index (χ3v) is 1.42. The van der Waals surface area contributed by atoms with E-state index in [0.717, 1.165) is 6.42 Å². The molecule has 0 aromatic carbocycles. The largest absolute Gasteiger partial charge is 0.394 e. The molecule has 4 nitrogen and oxygen atoms in total. The lowest BCUT2D eigenvalue weighted by molar-refractivity contribution is 0.0714. The second-order valence-corrected chi connectivity index (χ2v) is 2.34. The van der Waals surface area contributed by atoms with E-state index in [0.29, 0.717) is 13.0 Å². The summed E-state index contributed by atoms with van der Waals surface area (Å²) in [5.41, 5.74) is 10.7. The van der Waals surface area contributed by atoms with E-state index in [1.54, 1.807) is 0 Å². The fourth-order valence-corrected chi connectivity index (χ4v) is 0.681. The maximum atomic E-state index is 8.94. The molecule has 0 aromatic heterocycles. The van der Waals surface area contributed by atoms with Crippen LogP contribution in [-0.4, -0.2) is 35.5 Å². The number of rotatable bonds is 5. The maximum absolute atomic E-state index is 8.94. The van der Waals surface area contributed by atoms with Gasteiger partial charge >= 0.3 is 0 Å². The predicted octanol–water partition coefficient (Wildman–Crippen LogP) is -1.59. The average Bonchev–Trinajstić information content (AvgIpc) is 1.98. The highest BCUT2D eigenvalue weighted by atomic mass is 16.3. The van der Waals surface area contributed by atoms with Crippen molar-refractivity contribution in [1.82, 2.24) is 0 Å². The molecular weight excluding hydrogens is 132 g/mol. The Morgan fingerprint density at radius 3 is 2.40 bits per heavy atom. The summed E-state index contributed by atoms with van der Waals surface area (Å²) in [6.45, 7) is 0.303. The van der Waals surface area contributed by atoms with Crippen molar-refractivity contribution in [2.45, 2.75) is 25.0 Å². The Bertz CT molecular complexity index is 80.1. The van der Waals surface area contributed by atoms with Gasteiger partial charge in [-0.25, -0.2) is 0 Å². The van der Waals surface area contributed by atoms with E-state index in [1.807, 2.05) is 0 Å². The number of nitrogens with two attached hydrogens (primary N) is 2. The van der Waals surface area contributed by atoms with Crippen LogP contribution in [0.1, 0.15) is 12.8 Å². The van der Waals surface area contributed by atoms with Gasteiger partial charge in [-0.2, -0.15) is 0 Å².